The lowest BCUT2D eigenvalue weighted by Gasteiger charge is -2.20. The number of benzene rings is 2. The van der Waals surface area contributed by atoms with Crippen molar-refractivity contribution in [3.05, 3.63) is 58.7 Å². The molecule has 0 saturated carbocycles. The fourth-order valence-electron chi connectivity index (χ4n) is 2.85. The van der Waals surface area contributed by atoms with Crippen molar-refractivity contribution in [1.82, 2.24) is 0 Å². The van der Waals surface area contributed by atoms with Crippen molar-refractivity contribution in [1.29, 1.82) is 0 Å². The second-order valence-corrected chi connectivity index (χ2v) is 6.43. The van der Waals surface area contributed by atoms with Crippen LogP contribution in [-0.2, 0) is 0 Å². The lowest BCUT2D eigenvalue weighted by Crippen LogP contribution is -2.00. The van der Waals surface area contributed by atoms with Gasteiger partial charge in [0.25, 0.3) is 0 Å². The Bertz CT molecular complexity index is 603. The Morgan fingerprint density at radius 3 is 1.95 bits per heavy atom. The molecule has 0 N–H and O–H groups in total. The predicted molar refractivity (Wildman–Crippen MR) is 89.5 cm³/mol. The van der Waals surface area contributed by atoms with E-state index in [0.717, 1.165) is 0 Å². The van der Waals surface area contributed by atoms with Crippen LogP contribution in [0.3, 0.4) is 0 Å². The van der Waals surface area contributed by atoms with Crippen molar-refractivity contribution in [2.75, 3.05) is 0 Å². The quantitative estimate of drug-likeness (QED) is 0.619. The fraction of sp³-hybridized carbons (Fsp3) is 0.400. The van der Waals surface area contributed by atoms with Gasteiger partial charge in [-0.15, -0.1) is 0 Å². The summed E-state index contributed by atoms with van der Waals surface area (Å²) in [5, 5.41) is 0. The van der Waals surface area contributed by atoms with E-state index < -0.39 is 0 Å². The summed E-state index contributed by atoms with van der Waals surface area (Å²) in [5.41, 5.74) is 8.49. The maximum Gasteiger partial charge on any atom is -0.0117 e. The Morgan fingerprint density at radius 1 is 0.750 bits per heavy atom. The standard InChI is InChI=1S/C20H26/c1-13(2)17-11-16(6)20(19(12-17)14(3)4)18-10-8-7-9-15(18)5/h7-14H,1-6H3. The SMILES string of the molecule is Cc1ccccc1-c1c(C)cc(C(C)C)cc1C(C)C. The van der Waals surface area contributed by atoms with Crippen molar-refractivity contribution in [3.63, 3.8) is 0 Å². The smallest absolute Gasteiger partial charge is 0.0117 e. The van der Waals surface area contributed by atoms with Gasteiger partial charge in [0.2, 0.25) is 0 Å². The summed E-state index contributed by atoms with van der Waals surface area (Å²) in [6.45, 7) is 13.6. The summed E-state index contributed by atoms with van der Waals surface area (Å²) in [7, 11) is 0. The number of aryl methyl sites for hydroxylation is 2. The average Bonchev–Trinajstić information content (AvgIpc) is 2.38. The number of hydrogen-bond donors (Lipinski definition) is 0. The molecule has 0 heterocycles. The van der Waals surface area contributed by atoms with Crippen molar-refractivity contribution >= 4 is 0 Å². The van der Waals surface area contributed by atoms with E-state index in [1.54, 1.807) is 0 Å². The first-order valence-corrected chi connectivity index (χ1v) is 7.62. The molecular weight excluding hydrogens is 240 g/mol. The van der Waals surface area contributed by atoms with Gasteiger partial charge >= 0.3 is 0 Å². The van der Waals surface area contributed by atoms with E-state index >= 15 is 0 Å². The van der Waals surface area contributed by atoms with E-state index in [0.29, 0.717) is 11.8 Å². The van der Waals surface area contributed by atoms with Gasteiger partial charge in [0.05, 0.1) is 0 Å². The van der Waals surface area contributed by atoms with Gasteiger partial charge in [0, 0.05) is 0 Å². The highest BCUT2D eigenvalue weighted by Crippen LogP contribution is 2.36. The van der Waals surface area contributed by atoms with Crippen LogP contribution >= 0.6 is 0 Å². The summed E-state index contributed by atoms with van der Waals surface area (Å²) in [4.78, 5) is 0. The molecule has 0 aliphatic heterocycles. The molecule has 2 rings (SSSR count). The van der Waals surface area contributed by atoms with Gasteiger partial charge < -0.3 is 0 Å². The third-order valence-electron chi connectivity index (χ3n) is 4.09. The zero-order valence-electron chi connectivity index (χ0n) is 13.6. The molecule has 2 aromatic carbocycles. The van der Waals surface area contributed by atoms with Crippen LogP contribution in [0.1, 0.15) is 61.8 Å². The Balaban J connectivity index is 2.73. The van der Waals surface area contributed by atoms with E-state index in [1.807, 2.05) is 0 Å². The highest BCUT2D eigenvalue weighted by molar-refractivity contribution is 5.74. The predicted octanol–water partition coefficient (Wildman–Crippen LogP) is 6.22. The molecule has 0 aliphatic rings. The summed E-state index contributed by atoms with van der Waals surface area (Å²) in [6, 6.07) is 13.5. The maximum absolute atomic E-state index is 2.41. The Labute approximate surface area is 123 Å². The molecule has 0 spiro atoms. The van der Waals surface area contributed by atoms with Crippen molar-refractivity contribution in [2.45, 2.75) is 53.4 Å². The molecule has 0 aromatic heterocycles. The zero-order chi connectivity index (χ0) is 14.9. The molecule has 106 valence electrons. The molecule has 0 radical (unpaired) electrons. The third kappa shape index (κ3) is 2.80. The van der Waals surface area contributed by atoms with Crippen molar-refractivity contribution in [2.24, 2.45) is 0 Å². The van der Waals surface area contributed by atoms with Crippen LogP contribution in [0.15, 0.2) is 36.4 Å². The summed E-state index contributed by atoms with van der Waals surface area (Å²) in [5.74, 6) is 1.12. The van der Waals surface area contributed by atoms with Gasteiger partial charge in [-0.1, -0.05) is 64.1 Å². The second-order valence-electron chi connectivity index (χ2n) is 6.43. The molecule has 0 unspecified atom stereocenters. The first kappa shape index (κ1) is 14.8. The van der Waals surface area contributed by atoms with Crippen LogP contribution in [-0.4, -0.2) is 0 Å². The van der Waals surface area contributed by atoms with Crippen LogP contribution in [0.5, 0.6) is 0 Å². The Morgan fingerprint density at radius 2 is 1.40 bits per heavy atom. The molecule has 0 amide bonds. The van der Waals surface area contributed by atoms with Crippen LogP contribution in [0.25, 0.3) is 11.1 Å². The Hall–Kier alpha value is -1.56. The highest BCUT2D eigenvalue weighted by Gasteiger charge is 2.15. The molecule has 0 atom stereocenters. The molecule has 0 nitrogen and oxygen atoms in total. The van der Waals surface area contributed by atoms with E-state index in [2.05, 4.69) is 77.9 Å². The van der Waals surface area contributed by atoms with Gasteiger partial charge in [-0.05, 0) is 59.1 Å². The zero-order valence-corrected chi connectivity index (χ0v) is 13.6. The third-order valence-corrected chi connectivity index (χ3v) is 4.09. The van der Waals surface area contributed by atoms with Gasteiger partial charge in [0.15, 0.2) is 0 Å². The van der Waals surface area contributed by atoms with Crippen LogP contribution < -0.4 is 0 Å². The van der Waals surface area contributed by atoms with E-state index in [-0.39, 0.29) is 0 Å². The van der Waals surface area contributed by atoms with Gasteiger partial charge in [-0.25, -0.2) is 0 Å². The lowest BCUT2D eigenvalue weighted by molar-refractivity contribution is 0.832. The number of hydrogen-bond acceptors (Lipinski definition) is 0. The van der Waals surface area contributed by atoms with Gasteiger partial charge in [0.1, 0.15) is 0 Å². The van der Waals surface area contributed by atoms with Crippen molar-refractivity contribution in [3.8, 4) is 11.1 Å². The molecule has 0 saturated heterocycles. The largest absolute Gasteiger partial charge is 0.0620 e. The minimum absolute atomic E-state index is 0.544. The summed E-state index contributed by atoms with van der Waals surface area (Å²) < 4.78 is 0. The first-order valence-electron chi connectivity index (χ1n) is 7.62. The van der Waals surface area contributed by atoms with E-state index in [1.165, 1.54) is 33.4 Å². The molecular formula is C20H26. The summed E-state index contributed by atoms with van der Waals surface area (Å²) in [6.07, 6.45) is 0. The van der Waals surface area contributed by atoms with Crippen molar-refractivity contribution < 1.29 is 0 Å². The van der Waals surface area contributed by atoms with Crippen LogP contribution in [0, 0.1) is 13.8 Å². The van der Waals surface area contributed by atoms with E-state index in [9.17, 15) is 0 Å². The minimum Gasteiger partial charge on any atom is -0.0620 e. The second kappa shape index (κ2) is 5.83. The highest BCUT2D eigenvalue weighted by atomic mass is 14.2. The molecule has 0 aliphatic carbocycles. The number of rotatable bonds is 3. The monoisotopic (exact) mass is 266 g/mol. The van der Waals surface area contributed by atoms with E-state index in [4.69, 9.17) is 0 Å². The molecule has 0 fully saturated rings. The topological polar surface area (TPSA) is 0 Å². The molecule has 0 bridgehead atoms. The normalized spacial score (nSPS) is 11.4. The van der Waals surface area contributed by atoms with Crippen LogP contribution in [0.2, 0.25) is 0 Å². The van der Waals surface area contributed by atoms with Gasteiger partial charge in [-0.2, -0.15) is 0 Å². The molecule has 0 heteroatoms. The molecule has 2 aromatic rings. The fourth-order valence-corrected chi connectivity index (χ4v) is 2.85. The van der Waals surface area contributed by atoms with Gasteiger partial charge in [-0.3, -0.25) is 0 Å². The maximum atomic E-state index is 2.41. The molecule has 20 heavy (non-hydrogen) atoms. The first-order chi connectivity index (χ1) is 9.41. The minimum atomic E-state index is 0.544. The Kier molecular flexibility index (Phi) is 4.32. The average molecular weight is 266 g/mol. The summed E-state index contributed by atoms with van der Waals surface area (Å²) >= 11 is 0. The lowest BCUT2D eigenvalue weighted by atomic mass is 9.84. The van der Waals surface area contributed by atoms with Crippen LogP contribution in [0.4, 0.5) is 0 Å².